The van der Waals surface area contributed by atoms with Crippen LogP contribution in [0, 0.1) is 0 Å². The van der Waals surface area contributed by atoms with Crippen molar-refractivity contribution in [2.24, 2.45) is 0 Å². The second-order valence-corrected chi connectivity index (χ2v) is 1.34. The van der Waals surface area contributed by atoms with Crippen LogP contribution in [-0.2, 0) is 0 Å². The standard InChI is InChI=1S/C3H3N2P.N.Si/c6-3-4-1-2-5-3;;/h1-2H,(H,4,5);;. The second kappa shape index (κ2) is 4.96. The summed E-state index contributed by atoms with van der Waals surface area (Å²) in [7, 11) is 3.87. The lowest BCUT2D eigenvalue weighted by Gasteiger charge is -1.66. The van der Waals surface area contributed by atoms with Crippen molar-refractivity contribution in [2.45, 2.75) is 0 Å². The van der Waals surface area contributed by atoms with Gasteiger partial charge in [-0.3, -0.25) is 0 Å². The first kappa shape index (κ1) is 10.7. The Hall–Kier alpha value is -0.183. The maximum Gasteiger partial charge on any atom is 0.139 e. The molecule has 9 radical (unpaired) electrons. The molecule has 8 heavy (non-hydrogen) atoms. The fourth-order valence-corrected chi connectivity index (χ4v) is 0.398. The number of imidazole rings is 1. The van der Waals surface area contributed by atoms with Crippen LogP contribution in [-0.4, -0.2) is 20.9 Å². The van der Waals surface area contributed by atoms with Crippen LogP contribution >= 0.6 is 9.24 Å². The van der Waals surface area contributed by atoms with Gasteiger partial charge in [0.2, 0.25) is 0 Å². The summed E-state index contributed by atoms with van der Waals surface area (Å²) in [6.45, 7) is 0. The Morgan fingerprint density at radius 3 is 2.38 bits per heavy atom. The van der Waals surface area contributed by atoms with Crippen LogP contribution in [0.3, 0.4) is 0 Å². The van der Waals surface area contributed by atoms with Crippen molar-refractivity contribution in [3.63, 3.8) is 0 Å². The summed E-state index contributed by atoms with van der Waals surface area (Å²) in [6.07, 6.45) is 3.38. The van der Waals surface area contributed by atoms with Crippen molar-refractivity contribution >= 4 is 25.8 Å². The molecular weight excluding hydrogens is 137 g/mol. The number of aromatic amines is 1. The van der Waals surface area contributed by atoms with Gasteiger partial charge < -0.3 is 4.98 Å². The SMILES string of the molecule is [N].[P]c1ncc[nH]1.[Si]. The number of H-pyrrole nitrogens is 1. The van der Waals surface area contributed by atoms with E-state index < -0.39 is 0 Å². The van der Waals surface area contributed by atoms with Gasteiger partial charge in [-0.2, -0.15) is 0 Å². The Bertz CT molecular complexity index is 118. The van der Waals surface area contributed by atoms with E-state index in [1.54, 1.807) is 12.4 Å². The molecule has 0 aliphatic rings. The first-order valence-electron chi connectivity index (χ1n) is 1.58. The summed E-state index contributed by atoms with van der Waals surface area (Å²) in [5.41, 5.74) is 0.662. The van der Waals surface area contributed by atoms with Crippen LogP contribution in [0.4, 0.5) is 0 Å². The molecule has 1 heterocycles. The topological polar surface area (TPSA) is 59.2 Å². The van der Waals surface area contributed by atoms with E-state index in [9.17, 15) is 0 Å². The fraction of sp³-hybridized carbons (Fsp3) is 0. The summed E-state index contributed by atoms with van der Waals surface area (Å²) in [5, 5.41) is 0. The zero-order valence-corrected chi connectivity index (χ0v) is 5.89. The van der Waals surface area contributed by atoms with Crippen LogP contribution in [0.5, 0.6) is 0 Å². The summed E-state index contributed by atoms with van der Waals surface area (Å²) >= 11 is 0. The average Bonchev–Trinajstić information content (AvgIpc) is 1.86. The minimum Gasteiger partial charge on any atom is -0.344 e. The van der Waals surface area contributed by atoms with Gasteiger partial charge >= 0.3 is 0 Å². The molecule has 0 aliphatic carbocycles. The monoisotopic (exact) mass is 140 g/mol. The van der Waals surface area contributed by atoms with E-state index in [4.69, 9.17) is 0 Å². The van der Waals surface area contributed by atoms with Crippen LogP contribution in [0.15, 0.2) is 12.4 Å². The zero-order valence-electron chi connectivity index (χ0n) is 4.00. The molecule has 0 saturated heterocycles. The first-order valence-corrected chi connectivity index (χ1v) is 2.02. The molecule has 1 aromatic heterocycles. The van der Waals surface area contributed by atoms with Crippen molar-refractivity contribution in [2.75, 3.05) is 0 Å². The molecule has 0 aromatic carbocycles. The Labute approximate surface area is 55.1 Å². The van der Waals surface area contributed by atoms with Gasteiger partial charge in [0.15, 0.2) is 0 Å². The Morgan fingerprint density at radius 1 is 1.62 bits per heavy atom. The van der Waals surface area contributed by atoms with Crippen molar-refractivity contribution < 1.29 is 0 Å². The molecule has 1 N–H and O–H groups in total. The molecule has 0 unspecified atom stereocenters. The molecule has 0 atom stereocenters. The highest BCUT2D eigenvalue weighted by atomic mass is 31.0. The maximum atomic E-state index is 3.87. The highest BCUT2D eigenvalue weighted by Crippen LogP contribution is 1.74. The number of hydrogen-bond donors (Lipinski definition) is 1. The average molecular weight is 140 g/mol. The van der Waals surface area contributed by atoms with Gasteiger partial charge in [0.05, 0.1) is 0 Å². The largest absolute Gasteiger partial charge is 0.344 e. The van der Waals surface area contributed by atoms with Gasteiger partial charge in [-0.15, -0.1) is 0 Å². The normalized spacial score (nSPS) is 6.62. The third-order valence-electron chi connectivity index (χ3n) is 0.484. The van der Waals surface area contributed by atoms with Crippen LogP contribution in [0.1, 0.15) is 0 Å². The van der Waals surface area contributed by atoms with Crippen molar-refractivity contribution in [1.29, 1.82) is 0 Å². The van der Waals surface area contributed by atoms with Crippen molar-refractivity contribution in [3.8, 4) is 0 Å². The van der Waals surface area contributed by atoms with Crippen molar-refractivity contribution in [3.05, 3.63) is 12.4 Å². The first-order chi connectivity index (χ1) is 2.89. The molecule has 5 heteroatoms. The molecule has 1 rings (SSSR count). The maximum absolute atomic E-state index is 3.87. The predicted octanol–water partition coefficient (Wildman–Crippen LogP) is -0.416. The molecule has 0 bridgehead atoms. The minimum absolute atomic E-state index is 0. The van der Waals surface area contributed by atoms with Crippen LogP contribution in [0.2, 0.25) is 0 Å². The molecule has 1 aromatic rings. The minimum atomic E-state index is 0. The summed E-state index contributed by atoms with van der Waals surface area (Å²) in [5.74, 6) is 0. The molecule has 0 aliphatic heterocycles. The van der Waals surface area contributed by atoms with Gasteiger partial charge in [0.1, 0.15) is 5.57 Å². The van der Waals surface area contributed by atoms with Gasteiger partial charge in [-0.1, -0.05) is 0 Å². The lowest BCUT2D eigenvalue weighted by Crippen LogP contribution is -1.90. The number of hydrogen-bond acceptors (Lipinski definition) is 1. The third kappa shape index (κ3) is 2.90. The van der Waals surface area contributed by atoms with E-state index in [1.807, 2.05) is 0 Å². The Morgan fingerprint density at radius 2 is 2.25 bits per heavy atom. The molecule has 39 valence electrons. The number of nitrogens with zero attached hydrogens (tertiary/aromatic N) is 2. The number of aromatic nitrogens is 2. The Balaban J connectivity index is 0. The van der Waals surface area contributed by atoms with Crippen LogP contribution in [0.25, 0.3) is 0 Å². The van der Waals surface area contributed by atoms with Crippen molar-refractivity contribution in [1.82, 2.24) is 16.1 Å². The number of rotatable bonds is 0. The van der Waals surface area contributed by atoms with E-state index in [0.29, 0.717) is 5.57 Å². The quantitative estimate of drug-likeness (QED) is 0.386. The predicted molar refractivity (Wildman–Crippen MR) is 33.0 cm³/mol. The summed E-state index contributed by atoms with van der Waals surface area (Å²) in [6, 6.07) is 0. The van der Waals surface area contributed by atoms with E-state index in [-0.39, 0.29) is 17.1 Å². The molecular formula is C3H3N3PSi. The van der Waals surface area contributed by atoms with Gasteiger partial charge in [0.25, 0.3) is 0 Å². The van der Waals surface area contributed by atoms with E-state index in [1.165, 1.54) is 0 Å². The lowest BCUT2D eigenvalue weighted by atomic mass is 11.0. The molecule has 0 amide bonds. The van der Waals surface area contributed by atoms with Gasteiger partial charge in [0, 0.05) is 38.7 Å². The molecule has 0 saturated carbocycles. The van der Waals surface area contributed by atoms with E-state index >= 15 is 0 Å². The lowest BCUT2D eigenvalue weighted by molar-refractivity contribution is 1.42. The highest BCUT2D eigenvalue weighted by molar-refractivity contribution is 7.26. The van der Waals surface area contributed by atoms with Gasteiger partial charge in [-0.25, -0.2) is 4.98 Å². The fourth-order valence-electron chi connectivity index (χ4n) is 0.257. The smallest absolute Gasteiger partial charge is 0.139 e. The Kier molecular flexibility index (Phi) is 6.66. The third-order valence-corrected chi connectivity index (χ3v) is 0.728. The molecule has 0 spiro atoms. The summed E-state index contributed by atoms with van der Waals surface area (Å²) < 4.78 is 0. The zero-order chi connectivity index (χ0) is 4.41. The highest BCUT2D eigenvalue weighted by Gasteiger charge is 1.75. The van der Waals surface area contributed by atoms with Gasteiger partial charge in [-0.05, 0) is 0 Å². The van der Waals surface area contributed by atoms with Crippen LogP contribution < -0.4 is 11.7 Å². The summed E-state index contributed by atoms with van der Waals surface area (Å²) in [4.78, 5) is 6.48. The second-order valence-electron chi connectivity index (χ2n) is 0.913. The van der Waals surface area contributed by atoms with E-state index in [2.05, 4.69) is 19.2 Å². The number of nitrogens with one attached hydrogen (secondary N) is 1. The van der Waals surface area contributed by atoms with E-state index in [0.717, 1.165) is 0 Å². The molecule has 0 fully saturated rings. The molecule has 3 nitrogen and oxygen atoms in total.